The zero-order valence-electron chi connectivity index (χ0n) is 12.5. The number of nitrogens with one attached hydrogen (secondary N) is 1. The average molecular weight is 284 g/mol. The van der Waals surface area contributed by atoms with Crippen LogP contribution in [0.15, 0.2) is 30.3 Å². The highest BCUT2D eigenvalue weighted by molar-refractivity contribution is 5.15. The second-order valence-corrected chi connectivity index (χ2v) is 6.04. The molecule has 1 saturated carbocycles. The minimum absolute atomic E-state index is 0.0844. The standard InChI is InChI=1S/C17H24N4/c18-15(12-11-13-7-3-1-4-8-13)17-19-16(20-21-17)14-9-5-2-6-10-14/h1,3-4,7-8,14-15H,2,5-6,9-12,18H2,(H,19,20,21)/t15-/m0/s1. The molecule has 0 spiro atoms. The number of benzene rings is 1. The van der Waals surface area contributed by atoms with Gasteiger partial charge in [0.15, 0.2) is 5.82 Å². The Morgan fingerprint density at radius 3 is 2.67 bits per heavy atom. The molecule has 4 heteroatoms. The van der Waals surface area contributed by atoms with Crippen LogP contribution in [0.2, 0.25) is 0 Å². The number of aromatic amines is 1. The van der Waals surface area contributed by atoms with Gasteiger partial charge in [-0.3, -0.25) is 5.10 Å². The van der Waals surface area contributed by atoms with E-state index >= 15 is 0 Å². The summed E-state index contributed by atoms with van der Waals surface area (Å²) < 4.78 is 0. The van der Waals surface area contributed by atoms with Gasteiger partial charge in [-0.1, -0.05) is 49.6 Å². The van der Waals surface area contributed by atoms with Crippen molar-refractivity contribution in [3.8, 4) is 0 Å². The maximum atomic E-state index is 6.24. The third-order valence-corrected chi connectivity index (χ3v) is 4.43. The van der Waals surface area contributed by atoms with Gasteiger partial charge in [0.05, 0.1) is 6.04 Å². The molecule has 3 N–H and O–H groups in total. The Labute approximate surface area is 126 Å². The monoisotopic (exact) mass is 284 g/mol. The second kappa shape index (κ2) is 6.85. The summed E-state index contributed by atoms with van der Waals surface area (Å²) >= 11 is 0. The van der Waals surface area contributed by atoms with Crippen molar-refractivity contribution >= 4 is 0 Å². The first-order valence-electron chi connectivity index (χ1n) is 8.04. The third kappa shape index (κ3) is 3.70. The lowest BCUT2D eigenvalue weighted by molar-refractivity contribution is 0.429. The van der Waals surface area contributed by atoms with Crippen molar-refractivity contribution in [1.29, 1.82) is 0 Å². The van der Waals surface area contributed by atoms with Gasteiger partial charge in [-0.15, -0.1) is 0 Å². The minimum atomic E-state index is -0.0844. The minimum Gasteiger partial charge on any atom is -0.321 e. The van der Waals surface area contributed by atoms with Crippen LogP contribution < -0.4 is 5.73 Å². The largest absolute Gasteiger partial charge is 0.321 e. The summed E-state index contributed by atoms with van der Waals surface area (Å²) in [6.45, 7) is 0. The topological polar surface area (TPSA) is 67.6 Å². The van der Waals surface area contributed by atoms with Crippen LogP contribution in [-0.4, -0.2) is 15.2 Å². The summed E-state index contributed by atoms with van der Waals surface area (Å²) in [6, 6.07) is 10.4. The molecule has 0 saturated heterocycles. The summed E-state index contributed by atoms with van der Waals surface area (Å²) in [5, 5.41) is 7.46. The van der Waals surface area contributed by atoms with Crippen LogP contribution in [0.25, 0.3) is 0 Å². The Kier molecular flexibility index (Phi) is 4.65. The van der Waals surface area contributed by atoms with Crippen LogP contribution in [0.3, 0.4) is 0 Å². The molecule has 4 nitrogen and oxygen atoms in total. The molecule has 0 bridgehead atoms. The maximum Gasteiger partial charge on any atom is 0.167 e. The number of H-pyrrole nitrogens is 1. The highest BCUT2D eigenvalue weighted by Crippen LogP contribution is 2.30. The van der Waals surface area contributed by atoms with E-state index in [9.17, 15) is 0 Å². The van der Waals surface area contributed by atoms with Crippen molar-refractivity contribution in [1.82, 2.24) is 15.2 Å². The summed E-state index contributed by atoms with van der Waals surface area (Å²) in [6.07, 6.45) is 8.28. The molecule has 1 aliphatic rings. The number of rotatable bonds is 5. The predicted octanol–water partition coefficient (Wildman–Crippen LogP) is 3.49. The first-order chi connectivity index (χ1) is 10.3. The van der Waals surface area contributed by atoms with Gasteiger partial charge < -0.3 is 5.73 Å². The lowest BCUT2D eigenvalue weighted by Gasteiger charge is -2.18. The molecule has 3 rings (SSSR count). The van der Waals surface area contributed by atoms with Crippen molar-refractivity contribution in [2.45, 2.75) is 56.9 Å². The molecule has 1 fully saturated rings. The SMILES string of the molecule is N[C@@H](CCc1ccccc1)c1n[nH]c(C2CCCCC2)n1. The maximum absolute atomic E-state index is 6.24. The van der Waals surface area contributed by atoms with Crippen molar-refractivity contribution in [2.75, 3.05) is 0 Å². The number of nitrogens with zero attached hydrogens (tertiary/aromatic N) is 2. The Morgan fingerprint density at radius 2 is 1.90 bits per heavy atom. The molecular formula is C17H24N4. The van der Waals surface area contributed by atoms with E-state index < -0.39 is 0 Å². The first-order valence-corrected chi connectivity index (χ1v) is 8.04. The fourth-order valence-corrected chi connectivity index (χ4v) is 3.11. The molecule has 0 aliphatic heterocycles. The van der Waals surface area contributed by atoms with Crippen LogP contribution in [0.1, 0.15) is 67.7 Å². The van der Waals surface area contributed by atoms with E-state index in [2.05, 4.69) is 39.4 Å². The third-order valence-electron chi connectivity index (χ3n) is 4.43. The van der Waals surface area contributed by atoms with E-state index in [0.29, 0.717) is 5.92 Å². The van der Waals surface area contributed by atoms with Gasteiger partial charge in [-0.05, 0) is 31.2 Å². The Bertz CT molecular complexity index is 543. The second-order valence-electron chi connectivity index (χ2n) is 6.04. The first kappa shape index (κ1) is 14.3. The molecule has 0 unspecified atom stereocenters. The van der Waals surface area contributed by atoms with Gasteiger partial charge in [0.1, 0.15) is 5.82 Å². The van der Waals surface area contributed by atoms with Gasteiger partial charge in [0.25, 0.3) is 0 Å². The molecule has 1 heterocycles. The summed E-state index contributed by atoms with van der Waals surface area (Å²) in [4.78, 5) is 4.65. The van der Waals surface area contributed by atoms with Crippen LogP contribution in [0.5, 0.6) is 0 Å². The Balaban J connectivity index is 1.57. The molecule has 21 heavy (non-hydrogen) atoms. The smallest absolute Gasteiger partial charge is 0.167 e. The molecule has 0 radical (unpaired) electrons. The highest BCUT2D eigenvalue weighted by Gasteiger charge is 2.20. The quantitative estimate of drug-likeness (QED) is 0.883. The van der Waals surface area contributed by atoms with Crippen LogP contribution in [0, 0.1) is 0 Å². The number of aryl methyl sites for hydroxylation is 1. The summed E-state index contributed by atoms with van der Waals surface area (Å²) in [7, 11) is 0. The number of hydrogen-bond donors (Lipinski definition) is 2. The Hall–Kier alpha value is -1.68. The number of nitrogens with two attached hydrogens (primary N) is 1. The van der Waals surface area contributed by atoms with E-state index in [1.165, 1.54) is 37.7 Å². The molecule has 1 aliphatic carbocycles. The average Bonchev–Trinajstić information content (AvgIpc) is 3.04. The van der Waals surface area contributed by atoms with E-state index in [1.807, 2.05) is 6.07 Å². The molecule has 112 valence electrons. The molecule has 0 amide bonds. The van der Waals surface area contributed by atoms with Gasteiger partial charge >= 0.3 is 0 Å². The number of hydrogen-bond acceptors (Lipinski definition) is 3. The molecule has 1 atom stereocenters. The van der Waals surface area contributed by atoms with Gasteiger partial charge in [-0.25, -0.2) is 4.98 Å². The van der Waals surface area contributed by atoms with Gasteiger partial charge in [-0.2, -0.15) is 5.10 Å². The molecule has 2 aromatic rings. The normalized spacial score (nSPS) is 17.8. The predicted molar refractivity (Wildman–Crippen MR) is 83.9 cm³/mol. The molecule has 1 aromatic heterocycles. The van der Waals surface area contributed by atoms with E-state index in [1.54, 1.807) is 0 Å². The summed E-state index contributed by atoms with van der Waals surface area (Å²) in [5.74, 6) is 2.37. The summed E-state index contributed by atoms with van der Waals surface area (Å²) in [5.41, 5.74) is 7.56. The van der Waals surface area contributed by atoms with Crippen molar-refractivity contribution in [3.05, 3.63) is 47.5 Å². The van der Waals surface area contributed by atoms with Crippen LogP contribution in [-0.2, 0) is 6.42 Å². The van der Waals surface area contributed by atoms with Crippen molar-refractivity contribution < 1.29 is 0 Å². The van der Waals surface area contributed by atoms with E-state index in [-0.39, 0.29) is 6.04 Å². The van der Waals surface area contributed by atoms with Crippen molar-refractivity contribution in [3.63, 3.8) is 0 Å². The highest BCUT2D eigenvalue weighted by atomic mass is 15.2. The fourth-order valence-electron chi connectivity index (χ4n) is 3.11. The van der Waals surface area contributed by atoms with E-state index in [0.717, 1.165) is 24.5 Å². The zero-order chi connectivity index (χ0) is 14.5. The van der Waals surface area contributed by atoms with Gasteiger partial charge in [0.2, 0.25) is 0 Å². The fraction of sp³-hybridized carbons (Fsp3) is 0.529. The van der Waals surface area contributed by atoms with E-state index in [4.69, 9.17) is 5.73 Å². The lowest BCUT2D eigenvalue weighted by Crippen LogP contribution is -2.13. The molecule has 1 aromatic carbocycles. The van der Waals surface area contributed by atoms with Gasteiger partial charge in [0, 0.05) is 5.92 Å². The molecular weight excluding hydrogens is 260 g/mol. The number of aromatic nitrogens is 3. The van der Waals surface area contributed by atoms with Crippen molar-refractivity contribution in [2.24, 2.45) is 5.73 Å². The van der Waals surface area contributed by atoms with Crippen LogP contribution >= 0.6 is 0 Å². The Morgan fingerprint density at radius 1 is 1.14 bits per heavy atom. The van der Waals surface area contributed by atoms with Crippen LogP contribution in [0.4, 0.5) is 0 Å². The lowest BCUT2D eigenvalue weighted by atomic mass is 9.89. The zero-order valence-corrected chi connectivity index (χ0v) is 12.5.